The number of aryl methyl sites for hydroxylation is 2. The molecule has 30 heavy (non-hydrogen) atoms. The van der Waals surface area contributed by atoms with Crippen LogP contribution in [0.2, 0.25) is 0 Å². The van der Waals surface area contributed by atoms with Gasteiger partial charge in [-0.2, -0.15) is 5.26 Å². The number of allylic oxidation sites excluding steroid dienone is 1. The number of H-pyrrole nitrogens is 1. The number of nitrogens with zero attached hydrogens (tertiary/aromatic N) is 2. The number of imidazole rings is 1. The average molecular weight is 404 g/mol. The minimum atomic E-state index is -0.475. The lowest BCUT2D eigenvalue weighted by molar-refractivity contribution is -0.891. The number of carbonyl (C=O) groups excluding carboxylic acids is 1. The number of amides is 1. The van der Waals surface area contributed by atoms with Gasteiger partial charge in [-0.15, -0.1) is 0 Å². The molecule has 0 saturated heterocycles. The Morgan fingerprint density at radius 2 is 1.90 bits per heavy atom. The second kappa shape index (κ2) is 8.80. The van der Waals surface area contributed by atoms with E-state index in [9.17, 15) is 15.2 Å². The van der Waals surface area contributed by atoms with Crippen LogP contribution in [0.3, 0.4) is 0 Å². The molecule has 1 unspecified atom stereocenters. The van der Waals surface area contributed by atoms with E-state index in [4.69, 9.17) is 0 Å². The van der Waals surface area contributed by atoms with Gasteiger partial charge in [0.25, 0.3) is 5.91 Å². The van der Waals surface area contributed by atoms with Gasteiger partial charge in [-0.1, -0.05) is 30.3 Å². The number of hydrogen-bond acceptors (Lipinski definition) is 4. The van der Waals surface area contributed by atoms with Crippen molar-refractivity contribution in [2.24, 2.45) is 0 Å². The first-order valence-electron chi connectivity index (χ1n) is 9.78. The van der Waals surface area contributed by atoms with Crippen molar-refractivity contribution >= 4 is 28.2 Å². The SMILES string of the molecule is Cc1cccc(C)c1NC(=O)C[NH+](C)[C@@H](C)/C(O)=C(\C#N)c1nc2ccccc2[nH]1. The number of nitriles is 1. The number of fused-ring (bicyclic) bond motifs is 1. The molecule has 0 aliphatic rings. The third kappa shape index (κ3) is 4.34. The van der Waals surface area contributed by atoms with Gasteiger partial charge in [-0.25, -0.2) is 4.98 Å². The molecule has 2 aromatic carbocycles. The van der Waals surface area contributed by atoms with Crippen LogP contribution in [0.1, 0.15) is 23.9 Å². The van der Waals surface area contributed by atoms with Crippen LogP contribution >= 0.6 is 0 Å². The number of aliphatic hydroxyl groups excluding tert-OH is 1. The fraction of sp³-hybridized carbons (Fsp3) is 0.261. The first-order valence-corrected chi connectivity index (χ1v) is 9.78. The summed E-state index contributed by atoms with van der Waals surface area (Å²) < 4.78 is 0. The topological polar surface area (TPSA) is 106 Å². The van der Waals surface area contributed by atoms with Crippen molar-refractivity contribution in [3.05, 3.63) is 65.2 Å². The molecular weight excluding hydrogens is 378 g/mol. The zero-order chi connectivity index (χ0) is 21.8. The number of hydrogen-bond donors (Lipinski definition) is 4. The van der Waals surface area contributed by atoms with Crippen molar-refractivity contribution in [1.29, 1.82) is 5.26 Å². The predicted molar refractivity (Wildman–Crippen MR) is 117 cm³/mol. The molecule has 1 heterocycles. The number of quaternary nitrogens is 1. The fourth-order valence-electron chi connectivity index (χ4n) is 3.35. The maximum absolute atomic E-state index is 12.6. The van der Waals surface area contributed by atoms with Gasteiger partial charge in [-0.05, 0) is 44.0 Å². The van der Waals surface area contributed by atoms with Crippen LogP contribution in [0.5, 0.6) is 0 Å². The first kappa shape index (κ1) is 21.1. The van der Waals surface area contributed by atoms with Crippen molar-refractivity contribution in [1.82, 2.24) is 9.97 Å². The summed E-state index contributed by atoms with van der Waals surface area (Å²) >= 11 is 0. The molecule has 0 aliphatic carbocycles. The van der Waals surface area contributed by atoms with Gasteiger partial charge >= 0.3 is 0 Å². The normalized spacial score (nSPS) is 14.0. The second-order valence-electron chi connectivity index (χ2n) is 7.53. The number of para-hydroxylation sites is 3. The van der Waals surface area contributed by atoms with E-state index in [1.54, 1.807) is 14.0 Å². The van der Waals surface area contributed by atoms with E-state index < -0.39 is 6.04 Å². The molecule has 1 aromatic heterocycles. The van der Waals surface area contributed by atoms with Crippen molar-refractivity contribution < 1.29 is 14.8 Å². The van der Waals surface area contributed by atoms with Crippen LogP contribution in [0, 0.1) is 25.2 Å². The maximum atomic E-state index is 12.6. The molecular formula is C23H26N5O2+. The number of nitrogens with one attached hydrogen (secondary N) is 3. The molecule has 154 valence electrons. The van der Waals surface area contributed by atoms with Crippen molar-refractivity contribution in [2.45, 2.75) is 26.8 Å². The standard InChI is InChI=1S/C23H25N5O2/c1-14-8-7-9-15(2)21(14)27-20(29)13-28(4)16(3)22(30)17(12-24)23-25-18-10-5-6-11-19(18)26-23/h5-11,16,30H,13H2,1-4H3,(H,25,26)(H,27,29)/p+1/b22-17-/t16-/m0/s1. The van der Waals surface area contributed by atoms with Crippen molar-refractivity contribution in [2.75, 3.05) is 18.9 Å². The molecule has 2 atom stereocenters. The summed E-state index contributed by atoms with van der Waals surface area (Å²) in [7, 11) is 1.80. The van der Waals surface area contributed by atoms with E-state index in [0.717, 1.165) is 32.7 Å². The Kier molecular flexibility index (Phi) is 6.19. The minimum Gasteiger partial charge on any atom is -0.505 e. The molecule has 0 fully saturated rings. The van der Waals surface area contributed by atoms with E-state index in [2.05, 4.69) is 15.3 Å². The summed E-state index contributed by atoms with van der Waals surface area (Å²) in [4.78, 5) is 20.8. The number of likely N-dealkylation sites (N-methyl/N-ethyl adjacent to an activating group) is 1. The summed E-state index contributed by atoms with van der Waals surface area (Å²) in [6, 6.07) is 14.8. The van der Waals surface area contributed by atoms with Gasteiger partial charge in [-0.3, -0.25) is 4.79 Å². The number of aliphatic hydroxyl groups is 1. The number of rotatable bonds is 6. The van der Waals surface area contributed by atoms with Gasteiger partial charge < -0.3 is 20.3 Å². The summed E-state index contributed by atoms with van der Waals surface area (Å²) in [5.74, 6) is 0.0524. The van der Waals surface area contributed by atoms with Gasteiger partial charge in [0, 0.05) is 5.69 Å². The first-order chi connectivity index (χ1) is 14.3. The molecule has 3 rings (SSSR count). The number of benzene rings is 2. The summed E-state index contributed by atoms with van der Waals surface area (Å²) in [5, 5.41) is 23.3. The molecule has 0 aliphatic heterocycles. The van der Waals surface area contributed by atoms with E-state index >= 15 is 0 Å². The molecule has 7 nitrogen and oxygen atoms in total. The van der Waals surface area contributed by atoms with Crippen molar-refractivity contribution in [3.63, 3.8) is 0 Å². The molecule has 0 saturated carbocycles. The third-order valence-electron chi connectivity index (χ3n) is 5.33. The summed E-state index contributed by atoms with van der Waals surface area (Å²) in [6.07, 6.45) is 0. The molecule has 4 N–H and O–H groups in total. The van der Waals surface area contributed by atoms with Gasteiger partial charge in [0.05, 0.1) is 18.1 Å². The Hall–Kier alpha value is -3.63. The van der Waals surface area contributed by atoms with E-state index in [-0.39, 0.29) is 23.8 Å². The Balaban J connectivity index is 1.77. The largest absolute Gasteiger partial charge is 0.505 e. The zero-order valence-corrected chi connectivity index (χ0v) is 17.6. The number of aromatic amines is 1. The lowest BCUT2D eigenvalue weighted by Crippen LogP contribution is -3.13. The van der Waals surface area contributed by atoms with Crippen LogP contribution in [0.4, 0.5) is 5.69 Å². The Labute approximate surface area is 175 Å². The number of aromatic nitrogens is 2. The van der Waals surface area contributed by atoms with Crippen LogP contribution in [0.25, 0.3) is 16.6 Å². The highest BCUT2D eigenvalue weighted by molar-refractivity contribution is 5.93. The highest BCUT2D eigenvalue weighted by Gasteiger charge is 2.26. The smallest absolute Gasteiger partial charge is 0.279 e. The minimum absolute atomic E-state index is 0.0770. The Morgan fingerprint density at radius 1 is 1.23 bits per heavy atom. The van der Waals surface area contributed by atoms with E-state index in [0.29, 0.717) is 5.82 Å². The van der Waals surface area contributed by atoms with Crippen LogP contribution < -0.4 is 10.2 Å². The van der Waals surface area contributed by atoms with Gasteiger partial charge in [0.1, 0.15) is 17.7 Å². The highest BCUT2D eigenvalue weighted by atomic mass is 16.3. The number of carbonyl (C=O) groups is 1. The second-order valence-corrected chi connectivity index (χ2v) is 7.53. The van der Waals surface area contributed by atoms with E-state index in [1.807, 2.05) is 62.4 Å². The number of anilines is 1. The van der Waals surface area contributed by atoms with E-state index in [1.165, 1.54) is 0 Å². The Bertz CT molecular complexity index is 1100. The lowest BCUT2D eigenvalue weighted by Gasteiger charge is -2.21. The quantitative estimate of drug-likeness (QED) is 0.374. The molecule has 1 amide bonds. The molecule has 7 heteroatoms. The molecule has 0 radical (unpaired) electrons. The lowest BCUT2D eigenvalue weighted by atomic mass is 10.1. The van der Waals surface area contributed by atoms with Gasteiger partial charge in [0.15, 0.2) is 18.1 Å². The zero-order valence-electron chi connectivity index (χ0n) is 17.6. The summed E-state index contributed by atoms with van der Waals surface area (Å²) in [5.41, 5.74) is 4.38. The van der Waals surface area contributed by atoms with Crippen molar-refractivity contribution in [3.8, 4) is 6.07 Å². The van der Waals surface area contributed by atoms with Crippen LogP contribution in [-0.4, -0.2) is 40.6 Å². The molecule has 3 aromatic rings. The average Bonchev–Trinajstić information content (AvgIpc) is 3.14. The highest BCUT2D eigenvalue weighted by Crippen LogP contribution is 2.20. The van der Waals surface area contributed by atoms with Gasteiger partial charge in [0.2, 0.25) is 0 Å². The Morgan fingerprint density at radius 3 is 2.53 bits per heavy atom. The van der Waals surface area contributed by atoms with Crippen LogP contribution in [-0.2, 0) is 4.79 Å². The fourth-order valence-corrected chi connectivity index (χ4v) is 3.35. The predicted octanol–water partition coefficient (Wildman–Crippen LogP) is 2.51. The van der Waals surface area contributed by atoms with Crippen LogP contribution in [0.15, 0.2) is 48.2 Å². The maximum Gasteiger partial charge on any atom is 0.279 e. The summed E-state index contributed by atoms with van der Waals surface area (Å²) in [6.45, 7) is 5.81. The molecule has 0 spiro atoms. The third-order valence-corrected chi connectivity index (χ3v) is 5.33. The molecule has 0 bridgehead atoms. The monoisotopic (exact) mass is 404 g/mol.